The molecule has 1 aliphatic heterocycles. The summed E-state index contributed by atoms with van der Waals surface area (Å²) in [5, 5.41) is 28.9. The molecule has 0 N–H and O–H groups in total. The number of nitriles is 3. The van der Waals surface area contributed by atoms with Crippen molar-refractivity contribution in [3.63, 3.8) is 0 Å². The number of allylic oxidation sites excluding steroid dienone is 4. The molecular weight excluding hydrogens is 414 g/mol. The lowest BCUT2D eigenvalue weighted by Crippen LogP contribution is -2.20. The number of fused-ring (bicyclic) bond motifs is 2. The molecule has 33 heavy (non-hydrogen) atoms. The van der Waals surface area contributed by atoms with E-state index in [4.69, 9.17) is 9.15 Å². The van der Waals surface area contributed by atoms with Crippen molar-refractivity contribution >= 4 is 17.0 Å². The standard InChI is InChI=1S/C27H21N3O3/c1-27(2)23(22(16-30)25(33-27)21(14-28)15-29)10-9-19-12-20-11-17-7-5-3-4-6-8-18(17)13-24(20)32-26(19)31/h3-4,9-13H,5-8H2,1-2H3/b4-3-,10-9+. The van der Waals surface area contributed by atoms with Gasteiger partial charge in [0.1, 0.15) is 35.0 Å². The van der Waals surface area contributed by atoms with Gasteiger partial charge in [0.25, 0.3) is 0 Å². The van der Waals surface area contributed by atoms with Gasteiger partial charge in [-0.1, -0.05) is 18.2 Å². The summed E-state index contributed by atoms with van der Waals surface area (Å²) >= 11 is 0. The van der Waals surface area contributed by atoms with Gasteiger partial charge in [-0.3, -0.25) is 0 Å². The molecule has 2 aromatic rings. The minimum atomic E-state index is -0.948. The van der Waals surface area contributed by atoms with E-state index >= 15 is 0 Å². The molecule has 0 spiro atoms. The molecule has 0 radical (unpaired) electrons. The Morgan fingerprint density at radius 3 is 2.30 bits per heavy atom. The molecule has 0 fully saturated rings. The van der Waals surface area contributed by atoms with Gasteiger partial charge in [0, 0.05) is 11.0 Å². The molecule has 0 saturated carbocycles. The molecule has 1 aliphatic carbocycles. The summed E-state index contributed by atoms with van der Waals surface area (Å²) in [6.07, 6.45) is 11.4. The molecule has 6 nitrogen and oxygen atoms in total. The Bertz CT molecular complexity index is 1450. The smallest absolute Gasteiger partial charge is 0.343 e. The first-order valence-corrected chi connectivity index (χ1v) is 10.7. The molecule has 0 unspecified atom stereocenters. The second-order valence-electron chi connectivity index (χ2n) is 8.47. The maximum absolute atomic E-state index is 12.7. The SMILES string of the molecule is CC1(C)OC(=C(C#N)C#N)C(C#N)=C1/C=C/c1cc2cc3c(cc2oc1=O)CC/C=C\CC3. The average Bonchev–Trinajstić information content (AvgIpc) is 3.03. The van der Waals surface area contributed by atoms with Crippen molar-refractivity contribution in [1.82, 2.24) is 0 Å². The fraction of sp³-hybridized carbons (Fsp3) is 0.259. The predicted molar refractivity (Wildman–Crippen MR) is 123 cm³/mol. The Morgan fingerprint density at radius 2 is 1.67 bits per heavy atom. The number of hydrogen-bond donors (Lipinski definition) is 0. The lowest BCUT2D eigenvalue weighted by molar-refractivity contribution is 0.0954. The van der Waals surface area contributed by atoms with Crippen LogP contribution in [0.4, 0.5) is 0 Å². The molecule has 2 heterocycles. The van der Waals surface area contributed by atoms with E-state index in [1.807, 2.05) is 12.1 Å². The zero-order valence-corrected chi connectivity index (χ0v) is 18.4. The number of hydrogen-bond acceptors (Lipinski definition) is 6. The quantitative estimate of drug-likeness (QED) is 0.365. The van der Waals surface area contributed by atoms with E-state index in [0.717, 1.165) is 31.1 Å². The minimum Gasteiger partial charge on any atom is -0.480 e. The molecule has 4 rings (SSSR count). The molecule has 6 heteroatoms. The van der Waals surface area contributed by atoms with E-state index in [1.54, 1.807) is 44.2 Å². The maximum atomic E-state index is 12.7. The summed E-state index contributed by atoms with van der Waals surface area (Å²) in [7, 11) is 0. The summed E-state index contributed by atoms with van der Waals surface area (Å²) in [5.41, 5.74) is 2.25. The van der Waals surface area contributed by atoms with Crippen molar-refractivity contribution in [2.45, 2.75) is 45.1 Å². The van der Waals surface area contributed by atoms with Crippen molar-refractivity contribution in [2.75, 3.05) is 0 Å². The van der Waals surface area contributed by atoms with E-state index < -0.39 is 11.2 Å². The van der Waals surface area contributed by atoms with Crippen LogP contribution >= 0.6 is 0 Å². The number of aryl methyl sites for hydroxylation is 2. The van der Waals surface area contributed by atoms with Crippen LogP contribution in [0.25, 0.3) is 17.0 Å². The van der Waals surface area contributed by atoms with Crippen LogP contribution in [0.2, 0.25) is 0 Å². The first-order chi connectivity index (χ1) is 15.9. The maximum Gasteiger partial charge on any atom is 0.343 e. The molecule has 1 aromatic carbocycles. The van der Waals surface area contributed by atoms with Crippen LogP contribution < -0.4 is 5.63 Å². The third kappa shape index (κ3) is 4.10. The largest absolute Gasteiger partial charge is 0.480 e. The zero-order chi connectivity index (χ0) is 23.6. The second-order valence-corrected chi connectivity index (χ2v) is 8.47. The van der Waals surface area contributed by atoms with Crippen molar-refractivity contribution in [1.29, 1.82) is 15.8 Å². The zero-order valence-electron chi connectivity index (χ0n) is 18.4. The monoisotopic (exact) mass is 435 g/mol. The highest BCUT2D eigenvalue weighted by Crippen LogP contribution is 2.40. The van der Waals surface area contributed by atoms with Crippen LogP contribution in [0, 0.1) is 34.0 Å². The van der Waals surface area contributed by atoms with Crippen LogP contribution in [0.15, 0.2) is 68.1 Å². The molecule has 2 aliphatic rings. The van der Waals surface area contributed by atoms with E-state index in [9.17, 15) is 20.6 Å². The molecule has 0 bridgehead atoms. The van der Waals surface area contributed by atoms with Crippen molar-refractivity contribution in [3.8, 4) is 18.2 Å². The van der Waals surface area contributed by atoms with Crippen LogP contribution in [-0.4, -0.2) is 5.60 Å². The average molecular weight is 435 g/mol. The van der Waals surface area contributed by atoms with Crippen molar-refractivity contribution < 1.29 is 9.15 Å². The fourth-order valence-electron chi connectivity index (χ4n) is 4.22. The van der Waals surface area contributed by atoms with Crippen molar-refractivity contribution in [3.05, 3.63) is 86.0 Å². The first kappa shape index (κ1) is 21.9. The Morgan fingerprint density at radius 1 is 1.00 bits per heavy atom. The molecule has 162 valence electrons. The third-order valence-corrected chi connectivity index (χ3v) is 5.90. The van der Waals surface area contributed by atoms with Crippen LogP contribution in [0.1, 0.15) is 43.4 Å². The normalized spacial score (nSPS) is 18.0. The van der Waals surface area contributed by atoms with Crippen LogP contribution in [0.3, 0.4) is 0 Å². The van der Waals surface area contributed by atoms with Gasteiger partial charge >= 0.3 is 5.63 Å². The predicted octanol–water partition coefficient (Wildman–Crippen LogP) is 5.17. The second kappa shape index (κ2) is 8.65. The topological polar surface area (TPSA) is 111 Å². The van der Waals surface area contributed by atoms with Gasteiger partial charge in [0.15, 0.2) is 11.3 Å². The number of ether oxygens (including phenoxy) is 1. The Kier molecular flexibility index (Phi) is 5.74. The molecule has 1 aromatic heterocycles. The van der Waals surface area contributed by atoms with Crippen molar-refractivity contribution in [2.24, 2.45) is 0 Å². The van der Waals surface area contributed by atoms with Gasteiger partial charge in [0.05, 0.1) is 5.56 Å². The Labute approximate surface area is 191 Å². The molecule has 0 atom stereocenters. The number of benzene rings is 1. The van der Waals surface area contributed by atoms with Gasteiger partial charge in [-0.05, 0) is 74.9 Å². The summed E-state index contributed by atoms with van der Waals surface area (Å²) in [6.45, 7) is 3.47. The lowest BCUT2D eigenvalue weighted by atomic mass is 9.93. The van der Waals surface area contributed by atoms with E-state index in [1.165, 1.54) is 11.1 Å². The summed E-state index contributed by atoms with van der Waals surface area (Å²) in [4.78, 5) is 12.7. The van der Waals surface area contributed by atoms with Gasteiger partial charge < -0.3 is 9.15 Å². The van der Waals surface area contributed by atoms with E-state index in [2.05, 4.69) is 18.2 Å². The highest BCUT2D eigenvalue weighted by atomic mass is 16.5. The lowest BCUT2D eigenvalue weighted by Gasteiger charge is -2.20. The third-order valence-electron chi connectivity index (χ3n) is 5.90. The Hall–Kier alpha value is -4.34. The van der Waals surface area contributed by atoms with Gasteiger partial charge in [-0.2, -0.15) is 15.8 Å². The fourth-order valence-corrected chi connectivity index (χ4v) is 4.22. The Balaban J connectivity index is 1.79. The highest BCUT2D eigenvalue weighted by Gasteiger charge is 2.38. The summed E-state index contributed by atoms with van der Waals surface area (Å²) < 4.78 is 11.4. The number of nitrogens with zero attached hydrogens (tertiary/aromatic N) is 3. The van der Waals surface area contributed by atoms with Gasteiger partial charge in [-0.25, -0.2) is 4.79 Å². The van der Waals surface area contributed by atoms with E-state index in [-0.39, 0.29) is 16.9 Å². The summed E-state index contributed by atoms with van der Waals surface area (Å²) in [6, 6.07) is 11.4. The number of rotatable bonds is 2. The molecular formula is C27H21N3O3. The first-order valence-electron chi connectivity index (χ1n) is 10.7. The van der Waals surface area contributed by atoms with E-state index in [0.29, 0.717) is 16.7 Å². The van der Waals surface area contributed by atoms with Crippen LogP contribution in [-0.2, 0) is 17.6 Å². The van der Waals surface area contributed by atoms with Gasteiger partial charge in [0.2, 0.25) is 0 Å². The molecule has 0 amide bonds. The van der Waals surface area contributed by atoms with Gasteiger partial charge in [-0.15, -0.1) is 0 Å². The van der Waals surface area contributed by atoms with Crippen LogP contribution in [0.5, 0.6) is 0 Å². The minimum absolute atomic E-state index is 0.0367. The molecule has 0 saturated heterocycles. The highest BCUT2D eigenvalue weighted by molar-refractivity contribution is 5.81. The summed E-state index contributed by atoms with van der Waals surface area (Å²) in [5.74, 6) is -0.0367.